The van der Waals surface area contributed by atoms with Crippen LogP contribution in [-0.2, 0) is 13.0 Å². The van der Waals surface area contributed by atoms with Crippen LogP contribution in [0, 0.1) is 0 Å². The largest absolute Gasteiger partial charge is 0.390 e. The molecule has 0 aliphatic carbocycles. The lowest BCUT2D eigenvalue weighted by atomic mass is 10.1. The van der Waals surface area contributed by atoms with E-state index in [0.29, 0.717) is 17.2 Å². The summed E-state index contributed by atoms with van der Waals surface area (Å²) in [5.74, 6) is 0.540. The molecule has 0 radical (unpaired) electrons. The maximum Gasteiger partial charge on any atom is 0.179 e. The number of nitrogens with zero attached hydrogens (tertiary/aromatic N) is 3. The van der Waals surface area contributed by atoms with E-state index in [-0.39, 0.29) is 6.61 Å². The van der Waals surface area contributed by atoms with Gasteiger partial charge in [-0.15, -0.1) is 0 Å². The summed E-state index contributed by atoms with van der Waals surface area (Å²) in [5.41, 5.74) is 4.32. The quantitative estimate of drug-likeness (QED) is 0.620. The van der Waals surface area contributed by atoms with Gasteiger partial charge in [0, 0.05) is 17.5 Å². The topological polar surface area (TPSA) is 58.9 Å². The van der Waals surface area contributed by atoms with Crippen LogP contribution in [0.4, 0.5) is 0 Å². The molecule has 2 aromatic heterocycles. The summed E-state index contributed by atoms with van der Waals surface area (Å²) in [5, 5.41) is 10.5. The third kappa shape index (κ3) is 3.25. The van der Waals surface area contributed by atoms with Crippen molar-refractivity contribution in [1.29, 1.82) is 0 Å². The highest BCUT2D eigenvalue weighted by atomic mass is 16.3. The molecule has 0 saturated heterocycles. The Morgan fingerprint density at radius 3 is 2.36 bits per heavy atom. The first kappa shape index (κ1) is 15.4. The third-order valence-corrected chi connectivity index (χ3v) is 4.10. The molecule has 4 rings (SSSR count). The molecule has 0 aliphatic heterocycles. The number of aromatic nitrogens is 3. The number of rotatable bonds is 4. The van der Waals surface area contributed by atoms with Crippen molar-refractivity contribution in [2.75, 3.05) is 0 Å². The van der Waals surface area contributed by atoms with E-state index in [1.165, 1.54) is 5.56 Å². The number of aliphatic hydroxyl groups is 1. The second-order valence-corrected chi connectivity index (χ2v) is 5.85. The lowest BCUT2D eigenvalue weighted by molar-refractivity contribution is 0.278. The van der Waals surface area contributed by atoms with Gasteiger partial charge in [-0.05, 0) is 23.8 Å². The van der Waals surface area contributed by atoms with Gasteiger partial charge in [-0.1, -0.05) is 54.6 Å². The average molecular weight is 327 g/mol. The summed E-state index contributed by atoms with van der Waals surface area (Å²) in [6.07, 6.45) is 0.759. The number of pyridine rings is 1. The third-order valence-electron chi connectivity index (χ3n) is 4.10. The van der Waals surface area contributed by atoms with Crippen molar-refractivity contribution in [3.8, 4) is 11.5 Å². The number of para-hydroxylation sites is 1. The first-order chi connectivity index (χ1) is 12.3. The van der Waals surface area contributed by atoms with Gasteiger partial charge in [0.25, 0.3) is 0 Å². The molecule has 2 heterocycles. The summed E-state index contributed by atoms with van der Waals surface area (Å²) in [4.78, 5) is 13.8. The minimum atomic E-state index is -0.125. The van der Waals surface area contributed by atoms with Crippen LogP contribution in [0.25, 0.3) is 22.4 Å². The van der Waals surface area contributed by atoms with E-state index in [4.69, 9.17) is 4.98 Å². The highest BCUT2D eigenvalue weighted by Crippen LogP contribution is 2.21. The van der Waals surface area contributed by atoms with Gasteiger partial charge in [-0.3, -0.25) is 0 Å². The maximum absolute atomic E-state index is 9.65. The fraction of sp³-hybridized carbons (Fsp3) is 0.0952. The van der Waals surface area contributed by atoms with E-state index < -0.39 is 0 Å². The zero-order valence-corrected chi connectivity index (χ0v) is 13.6. The Morgan fingerprint density at radius 2 is 1.52 bits per heavy atom. The minimum Gasteiger partial charge on any atom is -0.390 e. The van der Waals surface area contributed by atoms with Crippen molar-refractivity contribution in [2.45, 2.75) is 13.0 Å². The number of benzene rings is 2. The first-order valence-corrected chi connectivity index (χ1v) is 8.20. The Bertz CT molecular complexity index is 1020. The van der Waals surface area contributed by atoms with Crippen molar-refractivity contribution in [2.24, 2.45) is 0 Å². The van der Waals surface area contributed by atoms with E-state index in [1.807, 2.05) is 60.7 Å². The van der Waals surface area contributed by atoms with Crippen molar-refractivity contribution < 1.29 is 5.11 Å². The lowest BCUT2D eigenvalue weighted by Crippen LogP contribution is -2.01. The predicted octanol–water partition coefficient (Wildman–Crippen LogP) is 3.77. The van der Waals surface area contributed by atoms with Gasteiger partial charge in [0.1, 0.15) is 5.69 Å². The zero-order valence-electron chi connectivity index (χ0n) is 13.6. The molecular weight excluding hydrogens is 310 g/mol. The van der Waals surface area contributed by atoms with Crippen LogP contribution in [0.2, 0.25) is 0 Å². The molecule has 0 unspecified atom stereocenters. The van der Waals surface area contributed by atoms with Gasteiger partial charge in [-0.25, -0.2) is 15.0 Å². The van der Waals surface area contributed by atoms with Crippen molar-refractivity contribution in [1.82, 2.24) is 15.0 Å². The van der Waals surface area contributed by atoms with Crippen LogP contribution in [0.1, 0.15) is 17.0 Å². The summed E-state index contributed by atoms with van der Waals surface area (Å²) < 4.78 is 0. The Labute approximate surface area is 145 Å². The van der Waals surface area contributed by atoms with E-state index in [0.717, 1.165) is 23.0 Å². The maximum atomic E-state index is 9.65. The number of fused-ring (bicyclic) bond motifs is 1. The van der Waals surface area contributed by atoms with Crippen LogP contribution in [0.5, 0.6) is 0 Å². The average Bonchev–Trinajstić information content (AvgIpc) is 2.68. The van der Waals surface area contributed by atoms with Gasteiger partial charge in [-0.2, -0.15) is 0 Å². The molecule has 1 N–H and O–H groups in total. The van der Waals surface area contributed by atoms with Gasteiger partial charge in [0.2, 0.25) is 0 Å². The molecule has 0 spiro atoms. The molecule has 0 aliphatic rings. The second-order valence-electron chi connectivity index (χ2n) is 5.85. The van der Waals surface area contributed by atoms with Gasteiger partial charge in [0.05, 0.1) is 17.8 Å². The predicted molar refractivity (Wildman–Crippen MR) is 97.9 cm³/mol. The molecule has 0 amide bonds. The van der Waals surface area contributed by atoms with E-state index in [9.17, 15) is 5.11 Å². The molecule has 0 saturated carbocycles. The second kappa shape index (κ2) is 6.79. The number of hydrogen-bond donors (Lipinski definition) is 1. The summed E-state index contributed by atoms with van der Waals surface area (Å²) in [6, 6.07) is 23.8. The number of hydrogen-bond acceptors (Lipinski definition) is 4. The molecular formula is C21H17N3O. The molecule has 0 bridgehead atoms. The Morgan fingerprint density at radius 1 is 0.720 bits per heavy atom. The molecule has 0 atom stereocenters. The van der Waals surface area contributed by atoms with Gasteiger partial charge in [0.15, 0.2) is 5.82 Å². The zero-order chi connectivity index (χ0) is 17.1. The van der Waals surface area contributed by atoms with E-state index in [2.05, 4.69) is 22.1 Å². The molecule has 2 aromatic carbocycles. The smallest absolute Gasteiger partial charge is 0.179 e. The molecule has 25 heavy (non-hydrogen) atoms. The van der Waals surface area contributed by atoms with Crippen LogP contribution in [0.3, 0.4) is 0 Å². The molecule has 122 valence electrons. The molecule has 4 aromatic rings. The molecule has 0 fully saturated rings. The Hall–Kier alpha value is -3.11. The normalized spacial score (nSPS) is 10.9. The van der Waals surface area contributed by atoms with Crippen molar-refractivity contribution in [3.63, 3.8) is 0 Å². The van der Waals surface area contributed by atoms with E-state index in [1.54, 1.807) is 0 Å². The number of aliphatic hydroxyl groups excluding tert-OH is 1. The highest BCUT2D eigenvalue weighted by Gasteiger charge is 2.10. The summed E-state index contributed by atoms with van der Waals surface area (Å²) in [7, 11) is 0. The van der Waals surface area contributed by atoms with Gasteiger partial charge < -0.3 is 5.11 Å². The molecule has 4 nitrogen and oxygen atoms in total. The summed E-state index contributed by atoms with van der Waals surface area (Å²) in [6.45, 7) is -0.125. The first-order valence-electron chi connectivity index (χ1n) is 8.20. The van der Waals surface area contributed by atoms with Crippen LogP contribution >= 0.6 is 0 Å². The van der Waals surface area contributed by atoms with Crippen molar-refractivity contribution >= 4 is 10.9 Å². The standard InChI is InChI=1S/C21H17N3O/c25-14-20-17-10-4-5-11-18(17)23-21(24-20)19-12-6-9-16(22-19)13-15-7-2-1-3-8-15/h1-12,25H,13-14H2. The Kier molecular flexibility index (Phi) is 4.19. The highest BCUT2D eigenvalue weighted by molar-refractivity contribution is 5.82. The monoisotopic (exact) mass is 327 g/mol. The fourth-order valence-electron chi connectivity index (χ4n) is 2.88. The summed E-state index contributed by atoms with van der Waals surface area (Å²) >= 11 is 0. The van der Waals surface area contributed by atoms with E-state index >= 15 is 0 Å². The van der Waals surface area contributed by atoms with Crippen LogP contribution in [0.15, 0.2) is 72.8 Å². The molecule has 4 heteroatoms. The van der Waals surface area contributed by atoms with Crippen molar-refractivity contribution in [3.05, 3.63) is 89.7 Å². The van der Waals surface area contributed by atoms with Crippen LogP contribution in [-0.4, -0.2) is 20.1 Å². The lowest BCUT2D eigenvalue weighted by Gasteiger charge is -2.08. The van der Waals surface area contributed by atoms with Crippen LogP contribution < -0.4 is 0 Å². The fourth-order valence-corrected chi connectivity index (χ4v) is 2.88. The Balaban J connectivity index is 1.75. The van der Waals surface area contributed by atoms with Gasteiger partial charge >= 0.3 is 0 Å². The SMILES string of the molecule is OCc1nc(-c2cccc(Cc3ccccc3)n2)nc2ccccc12. The minimum absolute atomic E-state index is 0.125.